The maximum Gasteiger partial charge on any atom is 0.360 e. The number of aromatic nitrogens is 3. The minimum atomic E-state index is -0.486. The first kappa shape index (κ1) is 14.5. The summed E-state index contributed by atoms with van der Waals surface area (Å²) in [4.78, 5) is 21.5. The standard InChI is InChI=1S/C13H18N4O2S/c1-4-9-6-15-10(20-9)7-17-8(3)16-11(12(17)14)13(18)19-5-2/h6H,4-5,7,14H2,1-3H3. The Morgan fingerprint density at radius 2 is 2.25 bits per heavy atom. The van der Waals surface area contributed by atoms with Crippen molar-refractivity contribution in [3.8, 4) is 0 Å². The van der Waals surface area contributed by atoms with Crippen LogP contribution in [0.4, 0.5) is 5.82 Å². The van der Waals surface area contributed by atoms with E-state index in [4.69, 9.17) is 10.5 Å². The Hall–Kier alpha value is -1.89. The monoisotopic (exact) mass is 294 g/mol. The maximum absolute atomic E-state index is 11.7. The second kappa shape index (κ2) is 6.04. The molecule has 2 rings (SSSR count). The van der Waals surface area contributed by atoms with Crippen LogP contribution in [0.1, 0.15) is 40.0 Å². The van der Waals surface area contributed by atoms with Crippen LogP contribution in [0.15, 0.2) is 6.20 Å². The molecular formula is C13H18N4O2S. The molecule has 0 aliphatic rings. The molecule has 2 N–H and O–H groups in total. The van der Waals surface area contributed by atoms with Crippen molar-refractivity contribution in [2.45, 2.75) is 33.7 Å². The first-order chi connectivity index (χ1) is 9.56. The number of nitrogens with zero attached hydrogens (tertiary/aromatic N) is 3. The fourth-order valence-corrected chi connectivity index (χ4v) is 2.70. The van der Waals surface area contributed by atoms with E-state index in [9.17, 15) is 4.79 Å². The van der Waals surface area contributed by atoms with Crippen molar-refractivity contribution in [2.24, 2.45) is 0 Å². The first-order valence-electron chi connectivity index (χ1n) is 6.50. The molecule has 0 aliphatic heterocycles. The lowest BCUT2D eigenvalue weighted by atomic mass is 10.4. The molecule has 0 fully saturated rings. The van der Waals surface area contributed by atoms with Crippen LogP contribution in [0.2, 0.25) is 0 Å². The van der Waals surface area contributed by atoms with Crippen LogP contribution in [-0.2, 0) is 17.7 Å². The van der Waals surface area contributed by atoms with Gasteiger partial charge in [0.15, 0.2) is 5.69 Å². The highest BCUT2D eigenvalue weighted by molar-refractivity contribution is 7.11. The molecule has 2 heterocycles. The van der Waals surface area contributed by atoms with Crippen molar-refractivity contribution in [3.05, 3.63) is 27.6 Å². The minimum Gasteiger partial charge on any atom is -0.461 e. The smallest absolute Gasteiger partial charge is 0.360 e. The van der Waals surface area contributed by atoms with E-state index in [2.05, 4.69) is 16.9 Å². The number of hydrogen-bond donors (Lipinski definition) is 1. The number of rotatable bonds is 5. The number of anilines is 1. The zero-order valence-electron chi connectivity index (χ0n) is 11.8. The molecular weight excluding hydrogens is 276 g/mol. The number of aryl methyl sites for hydroxylation is 2. The van der Waals surface area contributed by atoms with Crippen molar-refractivity contribution in [2.75, 3.05) is 12.3 Å². The van der Waals surface area contributed by atoms with Crippen LogP contribution in [0, 0.1) is 6.92 Å². The lowest BCUT2D eigenvalue weighted by molar-refractivity contribution is 0.0521. The van der Waals surface area contributed by atoms with Crippen molar-refractivity contribution in [3.63, 3.8) is 0 Å². The van der Waals surface area contributed by atoms with Gasteiger partial charge in [-0.3, -0.25) is 0 Å². The highest BCUT2D eigenvalue weighted by Crippen LogP contribution is 2.20. The number of ether oxygens (including phenoxy) is 1. The molecule has 108 valence electrons. The highest BCUT2D eigenvalue weighted by Gasteiger charge is 2.20. The predicted octanol–water partition coefficient (Wildman–Crippen LogP) is 2.02. The molecule has 0 saturated carbocycles. The summed E-state index contributed by atoms with van der Waals surface area (Å²) >= 11 is 1.64. The number of carbonyl (C=O) groups excluding carboxylic acids is 1. The summed E-state index contributed by atoms with van der Waals surface area (Å²) in [6.07, 6.45) is 2.83. The Kier molecular flexibility index (Phi) is 4.39. The van der Waals surface area contributed by atoms with Crippen molar-refractivity contribution in [1.29, 1.82) is 0 Å². The third-order valence-corrected chi connectivity index (χ3v) is 4.04. The summed E-state index contributed by atoms with van der Waals surface area (Å²) < 4.78 is 6.72. The number of carbonyl (C=O) groups is 1. The fourth-order valence-electron chi connectivity index (χ4n) is 1.85. The van der Waals surface area contributed by atoms with Crippen LogP contribution in [0.5, 0.6) is 0 Å². The maximum atomic E-state index is 11.7. The predicted molar refractivity (Wildman–Crippen MR) is 77.9 cm³/mol. The van der Waals surface area contributed by atoms with Gasteiger partial charge in [0.1, 0.15) is 16.6 Å². The van der Waals surface area contributed by atoms with Gasteiger partial charge in [0.25, 0.3) is 0 Å². The minimum absolute atomic E-state index is 0.177. The molecule has 6 nitrogen and oxygen atoms in total. The SMILES string of the molecule is CCOC(=O)c1nc(C)n(Cc2ncc(CC)s2)c1N. The number of thiazole rings is 1. The van der Waals surface area contributed by atoms with E-state index in [1.54, 1.807) is 22.8 Å². The molecule has 2 aromatic heterocycles. The van der Waals surface area contributed by atoms with Gasteiger partial charge in [0.2, 0.25) is 0 Å². The van der Waals surface area contributed by atoms with Gasteiger partial charge < -0.3 is 15.0 Å². The Bertz CT molecular complexity index is 618. The second-order valence-corrected chi connectivity index (χ2v) is 5.47. The van der Waals surface area contributed by atoms with Gasteiger partial charge in [-0.15, -0.1) is 11.3 Å². The molecule has 0 aliphatic carbocycles. The van der Waals surface area contributed by atoms with Crippen molar-refractivity contribution in [1.82, 2.24) is 14.5 Å². The fraction of sp³-hybridized carbons (Fsp3) is 0.462. The molecule has 20 heavy (non-hydrogen) atoms. The molecule has 7 heteroatoms. The second-order valence-electron chi connectivity index (χ2n) is 4.27. The van der Waals surface area contributed by atoms with E-state index < -0.39 is 5.97 Å². The highest BCUT2D eigenvalue weighted by atomic mass is 32.1. The summed E-state index contributed by atoms with van der Waals surface area (Å²) in [5.74, 6) is 0.522. The quantitative estimate of drug-likeness (QED) is 0.853. The number of nitrogens with two attached hydrogens (primary N) is 1. The third kappa shape index (κ3) is 2.82. The number of imidazole rings is 1. The summed E-state index contributed by atoms with van der Waals surface area (Å²) in [5.41, 5.74) is 6.18. The van der Waals surface area contributed by atoms with Gasteiger partial charge in [-0.05, 0) is 20.3 Å². The van der Waals surface area contributed by atoms with Gasteiger partial charge >= 0.3 is 5.97 Å². The van der Waals surface area contributed by atoms with Gasteiger partial charge in [0.05, 0.1) is 13.2 Å². The van der Waals surface area contributed by atoms with Crippen molar-refractivity contribution < 1.29 is 9.53 Å². The van der Waals surface area contributed by atoms with Crippen LogP contribution in [0.25, 0.3) is 0 Å². The Balaban J connectivity index is 2.26. The molecule has 0 atom stereocenters. The molecule has 0 bridgehead atoms. The van der Waals surface area contributed by atoms with Gasteiger partial charge in [-0.25, -0.2) is 14.8 Å². The lowest BCUT2D eigenvalue weighted by Gasteiger charge is -2.05. The van der Waals surface area contributed by atoms with Crippen molar-refractivity contribution >= 4 is 23.1 Å². The number of hydrogen-bond acceptors (Lipinski definition) is 6. The van der Waals surface area contributed by atoms with E-state index in [0.29, 0.717) is 24.8 Å². The van der Waals surface area contributed by atoms with E-state index in [1.165, 1.54) is 4.88 Å². The zero-order valence-corrected chi connectivity index (χ0v) is 12.7. The third-order valence-electron chi connectivity index (χ3n) is 2.91. The number of esters is 1. The molecule has 0 aromatic carbocycles. The largest absolute Gasteiger partial charge is 0.461 e. The molecule has 0 radical (unpaired) electrons. The normalized spacial score (nSPS) is 10.8. The Morgan fingerprint density at radius 1 is 1.50 bits per heavy atom. The molecule has 0 amide bonds. The molecule has 0 spiro atoms. The lowest BCUT2D eigenvalue weighted by Crippen LogP contribution is -2.10. The topological polar surface area (TPSA) is 83.0 Å². The molecule has 0 saturated heterocycles. The summed E-state index contributed by atoms with van der Waals surface area (Å²) in [6.45, 7) is 6.48. The number of nitrogen functional groups attached to an aromatic ring is 1. The van der Waals surface area contributed by atoms with Crippen LogP contribution < -0.4 is 5.73 Å². The molecule has 2 aromatic rings. The summed E-state index contributed by atoms with van der Waals surface area (Å²) in [5, 5.41) is 0.949. The van der Waals surface area contributed by atoms with Gasteiger partial charge in [0, 0.05) is 11.1 Å². The van der Waals surface area contributed by atoms with Crippen LogP contribution in [-0.4, -0.2) is 27.1 Å². The summed E-state index contributed by atoms with van der Waals surface area (Å²) in [6, 6.07) is 0. The van der Waals surface area contributed by atoms with E-state index in [-0.39, 0.29) is 5.69 Å². The average molecular weight is 294 g/mol. The first-order valence-corrected chi connectivity index (χ1v) is 7.31. The zero-order chi connectivity index (χ0) is 14.7. The summed E-state index contributed by atoms with van der Waals surface area (Å²) in [7, 11) is 0. The van der Waals surface area contributed by atoms with Gasteiger partial charge in [-0.1, -0.05) is 6.92 Å². The van der Waals surface area contributed by atoms with E-state index in [0.717, 1.165) is 11.4 Å². The van der Waals surface area contributed by atoms with E-state index in [1.807, 2.05) is 13.1 Å². The average Bonchev–Trinajstić information content (AvgIpc) is 2.99. The van der Waals surface area contributed by atoms with E-state index >= 15 is 0 Å². The Labute approximate surface area is 121 Å². The van der Waals surface area contributed by atoms with Gasteiger partial charge in [-0.2, -0.15) is 0 Å². The van der Waals surface area contributed by atoms with Crippen LogP contribution in [0.3, 0.4) is 0 Å². The molecule has 0 unspecified atom stereocenters. The Morgan fingerprint density at radius 3 is 2.85 bits per heavy atom. The van der Waals surface area contributed by atoms with Crippen LogP contribution >= 0.6 is 11.3 Å².